The Morgan fingerprint density at radius 1 is 1.00 bits per heavy atom. The Hall–Kier alpha value is -4.70. The Morgan fingerprint density at radius 2 is 1.72 bits per heavy atom. The van der Waals surface area contributed by atoms with E-state index in [9.17, 15) is 14.9 Å². The molecule has 1 aliphatic carbocycles. The van der Waals surface area contributed by atoms with Crippen molar-refractivity contribution in [1.29, 1.82) is 5.26 Å². The summed E-state index contributed by atoms with van der Waals surface area (Å²) >= 11 is 0. The highest BCUT2D eigenvalue weighted by Crippen LogP contribution is 2.38. The van der Waals surface area contributed by atoms with Crippen molar-refractivity contribution in [2.75, 3.05) is 6.61 Å². The highest BCUT2D eigenvalue weighted by Gasteiger charge is 2.48. The van der Waals surface area contributed by atoms with E-state index >= 15 is 0 Å². The van der Waals surface area contributed by atoms with E-state index in [1.165, 1.54) is 0 Å². The number of aryl methyl sites for hydroxylation is 1. The van der Waals surface area contributed by atoms with Crippen molar-refractivity contribution in [3.05, 3.63) is 111 Å². The highest BCUT2D eigenvalue weighted by molar-refractivity contribution is 5.81. The van der Waals surface area contributed by atoms with Crippen LogP contribution in [0.15, 0.2) is 77.6 Å². The lowest BCUT2D eigenvalue weighted by molar-refractivity contribution is -0.169. The fourth-order valence-corrected chi connectivity index (χ4v) is 5.70. The second-order valence-corrected chi connectivity index (χ2v) is 10.9. The lowest BCUT2D eigenvalue weighted by atomic mass is 9.80. The van der Waals surface area contributed by atoms with Gasteiger partial charge in [0.1, 0.15) is 11.6 Å². The van der Waals surface area contributed by atoms with Gasteiger partial charge >= 0.3 is 5.97 Å². The van der Waals surface area contributed by atoms with Gasteiger partial charge in [-0.2, -0.15) is 10.2 Å². The molecule has 0 amide bonds. The maximum atomic E-state index is 13.4. The first-order valence-electron chi connectivity index (χ1n) is 15.1. The minimum absolute atomic E-state index is 0.197. The van der Waals surface area contributed by atoms with Gasteiger partial charge in [-0.15, -0.1) is 0 Å². The van der Waals surface area contributed by atoms with Crippen LogP contribution in [0.25, 0.3) is 16.8 Å². The second kappa shape index (κ2) is 13.1. The number of hydrogen-bond acceptors (Lipinski definition) is 6. The molecule has 0 atom stereocenters. The average molecular weight is 576 g/mol. The number of carbonyl (C=O) groups excluding carboxylic acids is 1. The van der Waals surface area contributed by atoms with Crippen molar-refractivity contribution in [3.63, 3.8) is 0 Å². The molecule has 1 aliphatic rings. The quantitative estimate of drug-likeness (QED) is 0.184. The van der Waals surface area contributed by atoms with Gasteiger partial charge in [0.15, 0.2) is 0 Å². The molecule has 43 heavy (non-hydrogen) atoms. The van der Waals surface area contributed by atoms with Crippen LogP contribution in [0, 0.1) is 11.3 Å². The Kier molecular flexibility index (Phi) is 9.06. The first-order chi connectivity index (χ1) is 20.9. The summed E-state index contributed by atoms with van der Waals surface area (Å²) in [6.45, 7) is 6.24. The number of rotatable bonds is 11. The van der Waals surface area contributed by atoms with E-state index < -0.39 is 5.60 Å². The first-order valence-corrected chi connectivity index (χ1v) is 15.1. The van der Waals surface area contributed by atoms with Crippen LogP contribution in [0.5, 0.6) is 5.75 Å². The van der Waals surface area contributed by atoms with Crippen molar-refractivity contribution in [3.8, 4) is 28.6 Å². The summed E-state index contributed by atoms with van der Waals surface area (Å²) in [6.07, 6.45) is 4.86. The molecule has 0 spiro atoms. The molecule has 4 aromatic rings. The molecule has 0 saturated heterocycles. The zero-order valence-electron chi connectivity index (χ0n) is 25.1. The third-order valence-electron chi connectivity index (χ3n) is 8.08. The summed E-state index contributed by atoms with van der Waals surface area (Å²) < 4.78 is 13.6. The average Bonchev–Trinajstić information content (AvgIpc) is 3.01. The number of esters is 1. The van der Waals surface area contributed by atoms with Crippen LogP contribution in [-0.2, 0) is 28.8 Å². The number of carbonyl (C=O) groups is 1. The molecule has 0 aliphatic heterocycles. The van der Waals surface area contributed by atoms with Gasteiger partial charge in [-0.25, -0.2) is 4.79 Å². The van der Waals surface area contributed by atoms with Crippen LogP contribution in [0.1, 0.15) is 74.7 Å². The normalized spacial score (nSPS) is 13.5. The Bertz CT molecular complexity index is 1690. The summed E-state index contributed by atoms with van der Waals surface area (Å²) in [7, 11) is 0. The largest absolute Gasteiger partial charge is 0.476 e. The molecule has 7 heteroatoms. The monoisotopic (exact) mass is 575 g/mol. The molecule has 0 unspecified atom stereocenters. The molecule has 1 heterocycles. The number of ether oxygens (including phenoxy) is 2. The number of hydrogen-bond donors (Lipinski definition) is 0. The van der Waals surface area contributed by atoms with Crippen LogP contribution >= 0.6 is 0 Å². The number of benzene rings is 3. The van der Waals surface area contributed by atoms with Gasteiger partial charge in [-0.3, -0.25) is 4.79 Å². The zero-order chi connectivity index (χ0) is 30.4. The molecular weight excluding hydrogens is 538 g/mol. The smallest absolute Gasteiger partial charge is 0.350 e. The van der Waals surface area contributed by atoms with Crippen LogP contribution < -0.4 is 10.3 Å². The molecule has 3 aromatic carbocycles. The number of nitriles is 1. The minimum atomic E-state index is -0.905. The van der Waals surface area contributed by atoms with E-state index in [0.29, 0.717) is 55.0 Å². The third kappa shape index (κ3) is 6.10. The lowest BCUT2D eigenvalue weighted by Gasteiger charge is -2.39. The molecule has 0 radical (unpaired) electrons. The molecule has 0 bridgehead atoms. The van der Waals surface area contributed by atoms with E-state index in [4.69, 9.17) is 9.47 Å². The fraction of sp³-hybridized carbons (Fsp3) is 0.333. The highest BCUT2D eigenvalue weighted by atomic mass is 16.6. The summed E-state index contributed by atoms with van der Waals surface area (Å²) in [5.41, 5.74) is 4.90. The number of aromatic nitrogens is 2. The molecule has 220 valence electrons. The van der Waals surface area contributed by atoms with Crippen molar-refractivity contribution >= 4 is 5.97 Å². The SMILES string of the molecule is CCCc1c(Cc2ccc(-c3ccccc3C#N)cc2)c(=O)nc(CC)n1-c1ccc(OC2(C(=O)OCC)CCC2)cc1. The summed E-state index contributed by atoms with van der Waals surface area (Å²) in [6, 6.07) is 25.5. The van der Waals surface area contributed by atoms with E-state index in [-0.39, 0.29) is 11.5 Å². The second-order valence-electron chi connectivity index (χ2n) is 10.9. The van der Waals surface area contributed by atoms with Crippen molar-refractivity contribution < 1.29 is 14.3 Å². The number of nitrogens with zero attached hydrogens (tertiary/aromatic N) is 3. The third-order valence-corrected chi connectivity index (χ3v) is 8.08. The van der Waals surface area contributed by atoms with Gasteiger partial charge in [0, 0.05) is 29.8 Å². The van der Waals surface area contributed by atoms with E-state index in [0.717, 1.165) is 47.3 Å². The van der Waals surface area contributed by atoms with Gasteiger partial charge < -0.3 is 14.0 Å². The predicted octanol–water partition coefficient (Wildman–Crippen LogP) is 6.74. The Morgan fingerprint density at radius 3 is 2.33 bits per heavy atom. The summed E-state index contributed by atoms with van der Waals surface area (Å²) in [5, 5.41) is 9.50. The van der Waals surface area contributed by atoms with Crippen LogP contribution in [0.3, 0.4) is 0 Å². The topological polar surface area (TPSA) is 94.2 Å². The van der Waals surface area contributed by atoms with Crippen molar-refractivity contribution in [1.82, 2.24) is 9.55 Å². The summed E-state index contributed by atoms with van der Waals surface area (Å²) in [5.74, 6) is 1.01. The van der Waals surface area contributed by atoms with Crippen LogP contribution in [-0.4, -0.2) is 27.7 Å². The van der Waals surface area contributed by atoms with Gasteiger partial charge in [-0.1, -0.05) is 62.7 Å². The van der Waals surface area contributed by atoms with Crippen molar-refractivity contribution in [2.24, 2.45) is 0 Å². The molecular formula is C36H37N3O4. The fourth-order valence-electron chi connectivity index (χ4n) is 5.70. The molecule has 1 saturated carbocycles. The maximum absolute atomic E-state index is 13.4. The molecule has 5 rings (SSSR count). The van der Waals surface area contributed by atoms with E-state index in [1.807, 2.05) is 79.7 Å². The lowest BCUT2D eigenvalue weighted by Crippen LogP contribution is -2.51. The first kappa shape index (κ1) is 29.8. The molecule has 1 aromatic heterocycles. The van der Waals surface area contributed by atoms with Gasteiger partial charge in [0.25, 0.3) is 5.56 Å². The Labute approximate surface area is 252 Å². The summed E-state index contributed by atoms with van der Waals surface area (Å²) in [4.78, 5) is 30.5. The van der Waals surface area contributed by atoms with E-state index in [1.54, 1.807) is 6.92 Å². The maximum Gasteiger partial charge on any atom is 0.350 e. The Balaban J connectivity index is 1.47. The van der Waals surface area contributed by atoms with Gasteiger partial charge in [-0.05, 0) is 79.6 Å². The standard InChI is InChI=1S/C36H37N3O4/c1-4-10-32-31(23-25-13-15-26(16-14-25)30-12-8-7-11-27(30)24-37)34(40)38-33(5-2)39(32)28-17-19-29(20-18-28)43-36(21-9-22-36)35(41)42-6-3/h7-8,11-20H,4-6,9-10,21-23H2,1-3H3. The van der Waals surface area contributed by atoms with Crippen molar-refractivity contribution in [2.45, 2.75) is 71.3 Å². The predicted molar refractivity (Wildman–Crippen MR) is 166 cm³/mol. The molecule has 0 N–H and O–H groups in total. The van der Waals surface area contributed by atoms with Gasteiger partial charge in [0.05, 0.1) is 18.2 Å². The molecule has 7 nitrogen and oxygen atoms in total. The van der Waals surface area contributed by atoms with Crippen LogP contribution in [0.4, 0.5) is 0 Å². The minimum Gasteiger partial charge on any atom is -0.476 e. The zero-order valence-corrected chi connectivity index (χ0v) is 25.1. The van der Waals surface area contributed by atoms with Gasteiger partial charge in [0.2, 0.25) is 5.60 Å². The molecule has 1 fully saturated rings. The van der Waals surface area contributed by atoms with Crippen LogP contribution in [0.2, 0.25) is 0 Å². The van der Waals surface area contributed by atoms with E-state index in [2.05, 4.69) is 22.5 Å².